The van der Waals surface area contributed by atoms with Crippen LogP contribution in [0.1, 0.15) is 263 Å². The number of β-amino-alcohol motifs (C(OH)–C–C–N with tert-alkyl or cyclic N) is 3. The summed E-state index contributed by atoms with van der Waals surface area (Å²) in [5.41, 5.74) is 19.7. The first-order chi connectivity index (χ1) is 59.5. The fourth-order valence-electron chi connectivity index (χ4n) is 15.7. The van der Waals surface area contributed by atoms with Gasteiger partial charge in [0.1, 0.15) is 11.6 Å². The number of carbonyl (C=O) groups is 12. The third kappa shape index (κ3) is 34.9. The van der Waals surface area contributed by atoms with Crippen LogP contribution in [0.5, 0.6) is 0 Å². The number of rotatable bonds is 43. The van der Waals surface area contributed by atoms with E-state index in [-0.39, 0.29) is 136 Å². The molecule has 3 amide bonds. The topological polar surface area (TPSA) is 399 Å². The molecule has 3 aromatic carbocycles. The van der Waals surface area contributed by atoms with Gasteiger partial charge >= 0.3 is 23.9 Å². The minimum atomic E-state index is -0.812. The summed E-state index contributed by atoms with van der Waals surface area (Å²) in [5, 5.41) is 48.0. The number of ether oxygens (including phenoxy) is 2. The Morgan fingerprint density at radius 1 is 0.389 bits per heavy atom. The smallest absolute Gasteiger partial charge is 0.305 e. The number of methoxy groups -OCH3 is 2. The SMILES string of the molecule is COC(=O)CCCCCCC(=O)C[C@H](C(=O)N1C[C@H](O)C[C@H]1C(=O)CCc1ccc(-c2scnc2C)cc1)C(C)(C)C.COC(=O)CCCCCCC(=O)O.Cc1ncsc1-c1ccc(CCC(=O)[C@@H]2C[C@@H](O)CN2C(=O)[C@@H](CC(=O)CCCCCCC(=O)O)C(C)(C)C)cc1.Cc1ncsc1-c1ccc(CCC(=O)[C@@H]2C[C@@H](O)CN2C(=O)[C@@H](N)C(C)(C)C)cc1. The minimum absolute atomic E-state index is 0.00361. The third-order valence-electron chi connectivity index (χ3n) is 23.6. The fourth-order valence-corrected chi connectivity index (χ4v) is 18.2. The molecule has 126 heavy (non-hydrogen) atoms. The summed E-state index contributed by atoms with van der Waals surface area (Å²) in [6.45, 7) is 23.6. The molecule has 7 N–H and O–H groups in total. The number of aromatic nitrogens is 3. The number of aliphatic hydroxyl groups excluding tert-OH is 3. The Morgan fingerprint density at radius 2 is 0.651 bits per heavy atom. The number of nitrogens with zero attached hydrogens (tertiary/aromatic N) is 6. The number of esters is 2. The van der Waals surface area contributed by atoms with Crippen LogP contribution in [0.15, 0.2) is 89.3 Å². The van der Waals surface area contributed by atoms with Gasteiger partial charge in [0, 0.05) is 121 Å². The predicted molar refractivity (Wildman–Crippen MR) is 490 cm³/mol. The molecule has 692 valence electrons. The van der Waals surface area contributed by atoms with Crippen LogP contribution in [-0.2, 0) is 86.3 Å². The predicted octanol–water partition coefficient (Wildman–Crippen LogP) is 15.9. The summed E-state index contributed by atoms with van der Waals surface area (Å²) < 4.78 is 9.11. The molecule has 6 heterocycles. The van der Waals surface area contributed by atoms with Crippen molar-refractivity contribution in [2.75, 3.05) is 33.9 Å². The van der Waals surface area contributed by atoms with Crippen molar-refractivity contribution in [3.8, 4) is 31.3 Å². The van der Waals surface area contributed by atoms with E-state index in [1.54, 1.807) is 34.0 Å². The number of nitrogens with two attached hydrogens (primary N) is 1. The van der Waals surface area contributed by atoms with E-state index in [0.717, 1.165) is 116 Å². The Hall–Kier alpha value is -8.97. The largest absolute Gasteiger partial charge is 0.481 e. The average Bonchev–Trinajstić information content (AvgIpc) is 1.71. The first-order valence-corrected chi connectivity index (χ1v) is 47.0. The van der Waals surface area contributed by atoms with Gasteiger partial charge in [-0.2, -0.15) is 0 Å². The van der Waals surface area contributed by atoms with Crippen LogP contribution < -0.4 is 5.73 Å². The summed E-state index contributed by atoms with van der Waals surface area (Å²) >= 11 is 4.81. The molecule has 0 unspecified atom stereocenters. The highest BCUT2D eigenvalue weighted by Gasteiger charge is 2.47. The van der Waals surface area contributed by atoms with Crippen molar-refractivity contribution in [2.24, 2.45) is 33.8 Å². The number of aliphatic hydroxyl groups is 3. The number of likely N-dealkylation sites (tertiary alicyclic amines) is 3. The molecule has 3 fully saturated rings. The Bertz CT molecular complexity index is 4520. The van der Waals surface area contributed by atoms with Gasteiger partial charge in [0.2, 0.25) is 17.7 Å². The number of carboxylic acid groups (broad SMARTS) is 2. The lowest BCUT2D eigenvalue weighted by Crippen LogP contribution is -2.53. The van der Waals surface area contributed by atoms with Gasteiger partial charge in [-0.1, -0.05) is 174 Å². The number of carbonyl (C=O) groups excluding carboxylic acids is 10. The van der Waals surface area contributed by atoms with Crippen LogP contribution >= 0.6 is 34.0 Å². The van der Waals surface area contributed by atoms with Gasteiger partial charge in [0.25, 0.3) is 0 Å². The van der Waals surface area contributed by atoms with Gasteiger partial charge in [-0.05, 0) is 128 Å². The molecular formula is C97H137N7O19S3. The molecule has 0 aliphatic carbocycles. The van der Waals surface area contributed by atoms with Gasteiger partial charge in [-0.3, -0.25) is 57.5 Å². The molecule has 3 aliphatic rings. The third-order valence-corrected chi connectivity index (χ3v) is 26.5. The van der Waals surface area contributed by atoms with Crippen LogP contribution in [0, 0.1) is 48.9 Å². The van der Waals surface area contributed by atoms with E-state index in [1.165, 1.54) is 28.9 Å². The Kier molecular flexibility index (Phi) is 43.6. The van der Waals surface area contributed by atoms with Crippen LogP contribution in [0.3, 0.4) is 0 Å². The lowest BCUT2D eigenvalue weighted by atomic mass is 9.76. The van der Waals surface area contributed by atoms with Crippen molar-refractivity contribution in [2.45, 2.75) is 312 Å². The van der Waals surface area contributed by atoms with Crippen molar-refractivity contribution in [1.29, 1.82) is 0 Å². The van der Waals surface area contributed by atoms with Gasteiger partial charge in [0.15, 0.2) is 17.3 Å². The van der Waals surface area contributed by atoms with E-state index in [1.807, 2.05) is 160 Å². The van der Waals surface area contributed by atoms with Crippen molar-refractivity contribution in [1.82, 2.24) is 29.7 Å². The summed E-state index contributed by atoms with van der Waals surface area (Å²) in [7, 11) is 2.74. The van der Waals surface area contributed by atoms with Crippen LogP contribution in [0.25, 0.3) is 31.3 Å². The molecule has 0 radical (unpaired) electrons. The summed E-state index contributed by atoms with van der Waals surface area (Å²) in [6, 6.07) is 21.7. The van der Waals surface area contributed by atoms with E-state index in [0.29, 0.717) is 77.0 Å². The maximum Gasteiger partial charge on any atom is 0.305 e. The number of thiazole rings is 3. The second-order valence-electron chi connectivity index (χ2n) is 36.8. The van der Waals surface area contributed by atoms with Crippen molar-refractivity contribution >= 4 is 105 Å². The first-order valence-electron chi connectivity index (χ1n) is 44.4. The number of carboxylic acids is 2. The standard InChI is InChI=1S/C33H46N2O6S.C32H44N2O6S.C23H31N3O3S.C9H16O4/c1-22-31(42-21-34-22)24-15-12-23(13-16-24)14-17-29(38)28-19-26(37)20-35(28)32(40)27(33(2,3)4)18-25(36)10-8-6-7-9-11-30(39)41-5;1-21-30(41-20-33-21)23-14-11-22(12-15-23)13-16-28(37)27-18-25(36)19-34(27)31(40)26(32(2,3)4)17-24(35)9-7-5-6-8-10-29(38)39;1-14-20(30-13-25-14)16-8-5-15(6-9-16)7-10-19(28)18-11-17(27)12-26(18)22(29)21(24)23(2,3)4;1-13-9(12)7-5-3-2-4-6-8(10)11/h12-13,15-16,21,26-28,37H,6-11,14,17-20H2,1-5H3;11-12,14-15,20,25-27,36H,5-10,13,16-19H2,1-4H3,(H,38,39);5-6,8-9,13,17-18,21,27H,7,10-12,24H2,1-4H3;2-7H2,1H3,(H,10,11)/t26-,27-,28+;25-,26-,27+;17-,18+,21-;/m111./s1. The second-order valence-corrected chi connectivity index (χ2v) is 39.4. The molecule has 6 aromatic rings. The molecule has 0 bridgehead atoms. The van der Waals surface area contributed by atoms with E-state index < -0.39 is 82.5 Å². The van der Waals surface area contributed by atoms with Gasteiger partial charge in [-0.15, -0.1) is 34.0 Å². The minimum Gasteiger partial charge on any atom is -0.481 e. The van der Waals surface area contributed by atoms with Crippen molar-refractivity contribution < 1.29 is 92.5 Å². The molecule has 9 atom stereocenters. The number of benzene rings is 3. The molecule has 0 spiro atoms. The summed E-state index contributed by atoms with van der Waals surface area (Å²) in [5.74, 6) is -4.03. The zero-order chi connectivity index (χ0) is 93.2. The lowest BCUT2D eigenvalue weighted by Gasteiger charge is -2.34. The highest BCUT2D eigenvalue weighted by molar-refractivity contribution is 7.14. The molecule has 3 aliphatic heterocycles. The molecule has 29 heteroatoms. The average molecular weight is 1800 g/mol. The highest BCUT2D eigenvalue weighted by atomic mass is 32.1. The van der Waals surface area contributed by atoms with Crippen LogP contribution in [-0.4, -0.2) is 202 Å². The number of hydrogen-bond acceptors (Lipinski definition) is 24. The summed E-state index contributed by atoms with van der Waals surface area (Å²) in [6.07, 6.45) is 12.3. The number of hydrogen-bond donors (Lipinski definition) is 6. The van der Waals surface area contributed by atoms with Gasteiger partial charge < -0.3 is 55.4 Å². The van der Waals surface area contributed by atoms with E-state index in [4.69, 9.17) is 15.9 Å². The van der Waals surface area contributed by atoms with Gasteiger partial charge in [0.05, 0.1) is 105 Å². The Labute approximate surface area is 756 Å². The fraction of sp³-hybridized carbons (Fsp3) is 0.598. The Morgan fingerprint density at radius 3 is 0.889 bits per heavy atom. The number of Topliss-reactive ketones (excluding diaryl/α,β-unsaturated/α-hetero) is 5. The maximum absolute atomic E-state index is 13.8. The lowest BCUT2D eigenvalue weighted by molar-refractivity contribution is -0.146. The molecule has 9 rings (SSSR count). The second kappa shape index (κ2) is 51.9. The van der Waals surface area contributed by atoms with Crippen LogP contribution in [0.2, 0.25) is 0 Å². The van der Waals surface area contributed by atoms with Crippen molar-refractivity contribution in [3.63, 3.8) is 0 Å². The number of aliphatic carboxylic acids is 2. The number of ketones is 5. The van der Waals surface area contributed by atoms with Crippen LogP contribution in [0.4, 0.5) is 0 Å². The number of amides is 3. The molecular weight excluding hydrogens is 1660 g/mol. The number of unbranched alkanes of at least 4 members (excludes halogenated alkanes) is 9. The monoisotopic (exact) mass is 1800 g/mol. The zero-order valence-electron chi connectivity index (χ0n) is 76.4. The normalized spacial score (nSPS) is 17.6. The molecule has 26 nitrogen and oxygen atoms in total. The quantitative estimate of drug-likeness (QED) is 0.0153. The van der Waals surface area contributed by atoms with E-state index in [2.05, 4.69) is 36.6 Å². The Balaban J connectivity index is 0.000000275. The number of aryl methyl sites for hydroxylation is 6. The first kappa shape index (κ1) is 106. The highest BCUT2D eigenvalue weighted by Crippen LogP contribution is 2.38. The molecule has 3 aromatic heterocycles. The molecule has 0 saturated carbocycles. The van der Waals surface area contributed by atoms with Gasteiger partial charge in [-0.25, -0.2) is 15.0 Å². The van der Waals surface area contributed by atoms with Crippen molar-refractivity contribution in [3.05, 3.63) is 123 Å². The van der Waals surface area contributed by atoms with E-state index in [9.17, 15) is 72.9 Å². The van der Waals surface area contributed by atoms with E-state index >= 15 is 0 Å². The zero-order valence-corrected chi connectivity index (χ0v) is 78.9. The molecule has 3 saturated heterocycles. The maximum atomic E-state index is 13.8. The summed E-state index contributed by atoms with van der Waals surface area (Å²) in [4.78, 5) is 169.